The van der Waals surface area contributed by atoms with Crippen LogP contribution in [0.3, 0.4) is 0 Å². The first kappa shape index (κ1) is 13.6. The molecule has 0 unspecified atom stereocenters. The molecule has 0 heterocycles. The van der Waals surface area contributed by atoms with Crippen LogP contribution in [0.2, 0.25) is 0 Å². The molecule has 0 atom stereocenters. The van der Waals surface area contributed by atoms with E-state index in [9.17, 15) is 0 Å². The lowest BCUT2D eigenvalue weighted by molar-refractivity contribution is 0.124. The van der Waals surface area contributed by atoms with Gasteiger partial charge in [0.15, 0.2) is 0 Å². The Morgan fingerprint density at radius 2 is 1.68 bits per heavy atom. The monoisotopic (exact) mass is 255 g/mol. The van der Waals surface area contributed by atoms with E-state index in [4.69, 9.17) is 10.5 Å². The van der Waals surface area contributed by atoms with Crippen LogP contribution in [0.1, 0.15) is 22.3 Å². The quantitative estimate of drug-likeness (QED) is 0.654. The first-order valence-electron chi connectivity index (χ1n) is 6.63. The Bertz CT molecular complexity index is 528. The maximum Gasteiger partial charge on any atom is 0.0717 e. The summed E-state index contributed by atoms with van der Waals surface area (Å²) in [5, 5.41) is 0. The zero-order valence-corrected chi connectivity index (χ0v) is 11.6. The molecule has 0 fully saturated rings. The lowest BCUT2D eigenvalue weighted by Crippen LogP contribution is -2.02. The Morgan fingerprint density at radius 1 is 1.00 bits per heavy atom. The highest BCUT2D eigenvalue weighted by molar-refractivity contribution is 5.46. The molecule has 0 aromatic heterocycles. The van der Waals surface area contributed by atoms with Gasteiger partial charge in [-0.1, -0.05) is 47.5 Å². The number of hydrogen-bond donors (Lipinski definition) is 1. The summed E-state index contributed by atoms with van der Waals surface area (Å²) in [5.41, 5.74) is 11.7. The number of rotatable bonds is 5. The third-order valence-electron chi connectivity index (χ3n) is 3.12. The molecule has 0 saturated heterocycles. The van der Waals surface area contributed by atoms with E-state index < -0.39 is 0 Å². The number of nitrogens with two attached hydrogens (primary N) is 1. The minimum atomic E-state index is 0.662. The second-order valence-electron chi connectivity index (χ2n) is 5.00. The largest absolute Gasteiger partial charge is 0.399 e. The highest BCUT2D eigenvalue weighted by atomic mass is 16.5. The molecule has 0 amide bonds. The van der Waals surface area contributed by atoms with Gasteiger partial charge in [0.1, 0.15) is 0 Å². The van der Waals surface area contributed by atoms with Gasteiger partial charge in [0.2, 0.25) is 0 Å². The van der Waals surface area contributed by atoms with Crippen LogP contribution in [-0.2, 0) is 17.8 Å². The average molecular weight is 255 g/mol. The minimum Gasteiger partial charge on any atom is -0.399 e. The van der Waals surface area contributed by atoms with E-state index in [1.807, 2.05) is 18.2 Å². The Labute approximate surface area is 115 Å². The van der Waals surface area contributed by atoms with Crippen LogP contribution >= 0.6 is 0 Å². The molecule has 2 heteroatoms. The smallest absolute Gasteiger partial charge is 0.0717 e. The molecule has 2 nitrogen and oxygen atoms in total. The van der Waals surface area contributed by atoms with Crippen molar-refractivity contribution in [3.63, 3.8) is 0 Å². The second-order valence-corrected chi connectivity index (χ2v) is 5.00. The lowest BCUT2D eigenvalue weighted by atomic mass is 10.1. The zero-order chi connectivity index (χ0) is 13.7. The molecule has 0 aliphatic heterocycles. The Hall–Kier alpha value is -1.80. The standard InChI is InChI=1S/C17H21NO/c1-13-9-14(2)11-15(10-13)12-19-8-7-16-5-3-4-6-17(16)18/h3-6,9-11H,7-8,12,18H2,1-2H3. The minimum absolute atomic E-state index is 0.662. The van der Waals surface area contributed by atoms with Gasteiger partial charge in [-0.15, -0.1) is 0 Å². The number of ether oxygens (including phenoxy) is 1. The molecule has 2 N–H and O–H groups in total. The van der Waals surface area contributed by atoms with Gasteiger partial charge in [-0.05, 0) is 37.5 Å². The summed E-state index contributed by atoms with van der Waals surface area (Å²) < 4.78 is 5.73. The van der Waals surface area contributed by atoms with Crippen molar-refractivity contribution in [1.82, 2.24) is 0 Å². The molecule has 0 aliphatic carbocycles. The fraction of sp³-hybridized carbons (Fsp3) is 0.294. The molecule has 0 aliphatic rings. The highest BCUT2D eigenvalue weighted by Crippen LogP contribution is 2.13. The highest BCUT2D eigenvalue weighted by Gasteiger charge is 1.99. The van der Waals surface area contributed by atoms with Gasteiger partial charge in [-0.25, -0.2) is 0 Å². The van der Waals surface area contributed by atoms with Crippen molar-refractivity contribution >= 4 is 5.69 Å². The molecule has 2 aromatic rings. The fourth-order valence-corrected chi connectivity index (χ4v) is 2.29. The summed E-state index contributed by atoms with van der Waals surface area (Å²) in [4.78, 5) is 0. The SMILES string of the molecule is Cc1cc(C)cc(COCCc2ccccc2N)c1. The molecule has 0 radical (unpaired) electrons. The van der Waals surface area contributed by atoms with E-state index in [2.05, 4.69) is 38.1 Å². The van der Waals surface area contributed by atoms with E-state index in [0.29, 0.717) is 13.2 Å². The molecule has 19 heavy (non-hydrogen) atoms. The number of nitrogen functional groups attached to an aromatic ring is 1. The summed E-state index contributed by atoms with van der Waals surface area (Å²) >= 11 is 0. The van der Waals surface area contributed by atoms with Gasteiger partial charge < -0.3 is 10.5 Å². The summed E-state index contributed by atoms with van der Waals surface area (Å²) in [6.07, 6.45) is 0.859. The molecular formula is C17H21NO. The van der Waals surface area contributed by atoms with Gasteiger partial charge >= 0.3 is 0 Å². The van der Waals surface area contributed by atoms with Gasteiger partial charge in [0.05, 0.1) is 13.2 Å². The third-order valence-corrected chi connectivity index (χ3v) is 3.12. The lowest BCUT2D eigenvalue weighted by Gasteiger charge is -2.08. The Balaban J connectivity index is 1.82. The van der Waals surface area contributed by atoms with E-state index in [1.54, 1.807) is 0 Å². The summed E-state index contributed by atoms with van der Waals surface area (Å²) in [5.74, 6) is 0. The topological polar surface area (TPSA) is 35.2 Å². The maximum atomic E-state index is 5.90. The molecule has 100 valence electrons. The normalized spacial score (nSPS) is 10.6. The summed E-state index contributed by atoms with van der Waals surface area (Å²) in [6.45, 7) is 5.58. The number of aryl methyl sites for hydroxylation is 2. The average Bonchev–Trinajstić information content (AvgIpc) is 2.35. The van der Waals surface area contributed by atoms with Crippen molar-refractivity contribution in [1.29, 1.82) is 0 Å². The number of benzene rings is 2. The first-order chi connectivity index (χ1) is 9.15. The summed E-state index contributed by atoms with van der Waals surface area (Å²) in [6, 6.07) is 14.5. The fourth-order valence-electron chi connectivity index (χ4n) is 2.29. The van der Waals surface area contributed by atoms with Crippen LogP contribution in [0.5, 0.6) is 0 Å². The van der Waals surface area contributed by atoms with E-state index >= 15 is 0 Å². The molecule has 0 saturated carbocycles. The van der Waals surface area contributed by atoms with E-state index in [-0.39, 0.29) is 0 Å². The van der Waals surface area contributed by atoms with Gasteiger partial charge in [-0.3, -0.25) is 0 Å². The van der Waals surface area contributed by atoms with Crippen molar-refractivity contribution in [2.24, 2.45) is 0 Å². The van der Waals surface area contributed by atoms with Gasteiger partial charge in [0.25, 0.3) is 0 Å². The van der Waals surface area contributed by atoms with Crippen LogP contribution in [0.25, 0.3) is 0 Å². The van der Waals surface area contributed by atoms with Crippen LogP contribution in [-0.4, -0.2) is 6.61 Å². The van der Waals surface area contributed by atoms with Crippen molar-refractivity contribution < 1.29 is 4.74 Å². The van der Waals surface area contributed by atoms with Gasteiger partial charge in [0, 0.05) is 5.69 Å². The van der Waals surface area contributed by atoms with E-state index in [1.165, 1.54) is 16.7 Å². The van der Waals surface area contributed by atoms with Crippen molar-refractivity contribution in [3.05, 3.63) is 64.7 Å². The van der Waals surface area contributed by atoms with Crippen LogP contribution in [0.15, 0.2) is 42.5 Å². The van der Waals surface area contributed by atoms with E-state index in [0.717, 1.165) is 17.7 Å². The number of hydrogen-bond acceptors (Lipinski definition) is 2. The maximum absolute atomic E-state index is 5.90. The van der Waals surface area contributed by atoms with Crippen LogP contribution < -0.4 is 5.73 Å². The second kappa shape index (κ2) is 6.39. The molecule has 0 bridgehead atoms. The molecule has 0 spiro atoms. The molecule has 2 rings (SSSR count). The Kier molecular flexibility index (Phi) is 4.58. The Morgan fingerprint density at radius 3 is 2.37 bits per heavy atom. The van der Waals surface area contributed by atoms with Gasteiger partial charge in [-0.2, -0.15) is 0 Å². The van der Waals surface area contributed by atoms with Crippen LogP contribution in [0.4, 0.5) is 5.69 Å². The predicted octanol–water partition coefficient (Wildman–Crippen LogP) is 3.64. The summed E-state index contributed by atoms with van der Waals surface area (Å²) in [7, 11) is 0. The van der Waals surface area contributed by atoms with Crippen molar-refractivity contribution in [3.8, 4) is 0 Å². The van der Waals surface area contributed by atoms with Crippen molar-refractivity contribution in [2.75, 3.05) is 12.3 Å². The number of para-hydroxylation sites is 1. The third kappa shape index (κ3) is 4.11. The number of anilines is 1. The molecular weight excluding hydrogens is 234 g/mol. The predicted molar refractivity (Wildman–Crippen MR) is 80.1 cm³/mol. The zero-order valence-electron chi connectivity index (χ0n) is 11.6. The van der Waals surface area contributed by atoms with Crippen LogP contribution in [0, 0.1) is 13.8 Å². The first-order valence-corrected chi connectivity index (χ1v) is 6.63. The molecule has 2 aromatic carbocycles. The van der Waals surface area contributed by atoms with Crippen molar-refractivity contribution in [2.45, 2.75) is 26.9 Å².